The Hall–Kier alpha value is -5.40. The lowest BCUT2D eigenvalue weighted by Crippen LogP contribution is -2.30. The first-order chi connectivity index (χ1) is 22.7. The molecule has 5 aromatic rings. The Labute approximate surface area is 280 Å². The molecule has 0 bridgehead atoms. The maximum atomic E-state index is 13.7. The van der Waals surface area contributed by atoms with Crippen LogP contribution in [0.25, 0.3) is 6.08 Å². The largest absolute Gasteiger partial charge is 0.325 e. The Morgan fingerprint density at radius 2 is 1.30 bits per heavy atom. The van der Waals surface area contributed by atoms with Crippen LogP contribution >= 0.6 is 11.8 Å². The predicted octanol–water partition coefficient (Wildman–Crippen LogP) is 9.00. The summed E-state index contributed by atoms with van der Waals surface area (Å²) in [5.41, 5.74) is 5.67. The van der Waals surface area contributed by atoms with Crippen molar-refractivity contribution in [3.8, 4) is 0 Å². The van der Waals surface area contributed by atoms with E-state index >= 15 is 0 Å². The zero-order valence-corrected chi connectivity index (χ0v) is 27.4. The first-order valence-corrected chi connectivity index (χ1v) is 16.3. The van der Waals surface area contributed by atoms with Crippen LogP contribution in [-0.2, 0) is 9.59 Å². The van der Waals surface area contributed by atoms with E-state index in [0.29, 0.717) is 17.2 Å². The molecular formula is C40H37N3O3S. The molecular weight excluding hydrogens is 603 g/mol. The van der Waals surface area contributed by atoms with Crippen LogP contribution in [0.4, 0.5) is 11.4 Å². The topological polar surface area (TPSA) is 87.3 Å². The highest BCUT2D eigenvalue weighted by Crippen LogP contribution is 2.37. The van der Waals surface area contributed by atoms with Crippen LogP contribution < -0.4 is 16.0 Å². The zero-order valence-electron chi connectivity index (χ0n) is 26.6. The van der Waals surface area contributed by atoms with Gasteiger partial charge in [0, 0.05) is 21.8 Å². The number of hydrogen-bond acceptors (Lipinski definition) is 4. The molecule has 236 valence electrons. The fraction of sp³-hybridized carbons (Fsp3) is 0.125. The first-order valence-electron chi connectivity index (χ1n) is 15.4. The Morgan fingerprint density at radius 1 is 0.660 bits per heavy atom. The van der Waals surface area contributed by atoms with E-state index in [9.17, 15) is 14.4 Å². The molecule has 3 N–H and O–H groups in total. The van der Waals surface area contributed by atoms with Gasteiger partial charge in [-0.15, -0.1) is 11.8 Å². The molecule has 7 heteroatoms. The minimum Gasteiger partial charge on any atom is -0.325 e. The van der Waals surface area contributed by atoms with E-state index < -0.39 is 11.2 Å². The molecule has 0 saturated carbocycles. The van der Waals surface area contributed by atoms with Crippen molar-refractivity contribution in [1.29, 1.82) is 0 Å². The van der Waals surface area contributed by atoms with Crippen molar-refractivity contribution >= 4 is 46.9 Å². The van der Waals surface area contributed by atoms with Gasteiger partial charge in [-0.2, -0.15) is 0 Å². The third kappa shape index (κ3) is 9.31. The molecule has 0 spiro atoms. The molecule has 6 nitrogen and oxygen atoms in total. The zero-order chi connectivity index (χ0) is 33.2. The minimum absolute atomic E-state index is 0.105. The van der Waals surface area contributed by atoms with Crippen LogP contribution in [0.3, 0.4) is 0 Å². The van der Waals surface area contributed by atoms with Gasteiger partial charge in [-0.25, -0.2) is 0 Å². The maximum absolute atomic E-state index is 13.7. The number of amides is 3. The SMILES string of the molecule is Cc1cccc(NC(=O)C(Sc2cccc(NC(=O)/C(=C\c3ccc(C(C)C)cc3)NC(=O)c3ccccc3)c2)c2ccccc2)c1. The molecule has 0 aliphatic rings. The molecule has 0 heterocycles. The summed E-state index contributed by atoms with van der Waals surface area (Å²) in [5.74, 6) is -0.644. The third-order valence-electron chi connectivity index (χ3n) is 7.41. The van der Waals surface area contributed by atoms with E-state index in [-0.39, 0.29) is 17.5 Å². The quantitative estimate of drug-likeness (QED) is 0.0995. The lowest BCUT2D eigenvalue weighted by atomic mass is 10.0. The molecule has 47 heavy (non-hydrogen) atoms. The maximum Gasteiger partial charge on any atom is 0.272 e. The molecule has 0 aromatic heterocycles. The molecule has 0 aliphatic heterocycles. The van der Waals surface area contributed by atoms with E-state index in [2.05, 4.69) is 29.8 Å². The number of thioether (sulfide) groups is 1. The normalized spacial score (nSPS) is 11.9. The van der Waals surface area contributed by atoms with Gasteiger partial charge in [0.25, 0.3) is 11.8 Å². The Morgan fingerprint density at radius 3 is 1.96 bits per heavy atom. The van der Waals surface area contributed by atoms with Gasteiger partial charge in [0.2, 0.25) is 5.91 Å². The highest BCUT2D eigenvalue weighted by molar-refractivity contribution is 8.00. The predicted molar refractivity (Wildman–Crippen MR) is 192 cm³/mol. The summed E-state index contributed by atoms with van der Waals surface area (Å²) in [6.45, 7) is 6.22. The third-order valence-corrected chi connectivity index (χ3v) is 8.66. The van der Waals surface area contributed by atoms with E-state index in [1.807, 2.05) is 110 Å². The van der Waals surface area contributed by atoms with Crippen LogP contribution in [0.15, 0.2) is 144 Å². The molecule has 3 amide bonds. The number of hydrogen-bond donors (Lipinski definition) is 3. The lowest BCUT2D eigenvalue weighted by molar-refractivity contribution is -0.116. The van der Waals surface area contributed by atoms with Crippen LogP contribution in [0, 0.1) is 6.92 Å². The van der Waals surface area contributed by atoms with E-state index in [1.54, 1.807) is 36.4 Å². The van der Waals surface area contributed by atoms with Crippen molar-refractivity contribution in [2.24, 2.45) is 0 Å². The molecule has 5 aromatic carbocycles. The summed E-state index contributed by atoms with van der Waals surface area (Å²) in [6, 6.07) is 41.3. The highest BCUT2D eigenvalue weighted by Gasteiger charge is 2.23. The fourth-order valence-electron chi connectivity index (χ4n) is 4.90. The van der Waals surface area contributed by atoms with Crippen LogP contribution in [0.1, 0.15) is 57.6 Å². The number of anilines is 2. The van der Waals surface area contributed by atoms with Crippen LogP contribution in [-0.4, -0.2) is 17.7 Å². The van der Waals surface area contributed by atoms with Crippen LogP contribution in [0.5, 0.6) is 0 Å². The van der Waals surface area contributed by atoms with Gasteiger partial charge in [-0.3, -0.25) is 14.4 Å². The number of rotatable bonds is 11. The van der Waals surface area contributed by atoms with Gasteiger partial charge >= 0.3 is 0 Å². The summed E-state index contributed by atoms with van der Waals surface area (Å²) in [7, 11) is 0. The highest BCUT2D eigenvalue weighted by atomic mass is 32.2. The second kappa shape index (κ2) is 15.7. The van der Waals surface area contributed by atoms with Gasteiger partial charge in [0.1, 0.15) is 10.9 Å². The second-order valence-electron chi connectivity index (χ2n) is 11.4. The van der Waals surface area contributed by atoms with E-state index in [1.165, 1.54) is 17.3 Å². The van der Waals surface area contributed by atoms with Crippen molar-refractivity contribution in [3.63, 3.8) is 0 Å². The minimum atomic E-state index is -0.544. The number of nitrogens with one attached hydrogen (secondary N) is 3. The van der Waals surface area contributed by atoms with Gasteiger partial charge < -0.3 is 16.0 Å². The molecule has 5 rings (SSSR count). The van der Waals surface area contributed by atoms with Crippen molar-refractivity contribution in [1.82, 2.24) is 5.32 Å². The molecule has 0 saturated heterocycles. The van der Waals surface area contributed by atoms with Crippen molar-refractivity contribution in [3.05, 3.63) is 167 Å². The van der Waals surface area contributed by atoms with E-state index in [4.69, 9.17) is 0 Å². The Balaban J connectivity index is 1.38. The van der Waals surface area contributed by atoms with E-state index in [0.717, 1.165) is 27.3 Å². The average Bonchev–Trinajstić information content (AvgIpc) is 3.08. The fourth-order valence-corrected chi connectivity index (χ4v) is 5.98. The van der Waals surface area contributed by atoms with Gasteiger partial charge in [0.05, 0.1) is 0 Å². The van der Waals surface area contributed by atoms with Gasteiger partial charge in [-0.1, -0.05) is 105 Å². The number of carbonyl (C=O) groups excluding carboxylic acids is 3. The smallest absolute Gasteiger partial charge is 0.272 e. The Bertz CT molecular complexity index is 1870. The monoisotopic (exact) mass is 639 g/mol. The summed E-state index contributed by atoms with van der Waals surface area (Å²) in [6.07, 6.45) is 1.67. The van der Waals surface area contributed by atoms with Crippen LogP contribution in [0.2, 0.25) is 0 Å². The second-order valence-corrected chi connectivity index (χ2v) is 12.6. The molecule has 0 aliphatic carbocycles. The number of benzene rings is 5. The number of carbonyl (C=O) groups is 3. The molecule has 0 radical (unpaired) electrons. The standard InChI is InChI=1S/C40H37N3O3S/c1-27(2)30-22-20-29(21-23-30)25-36(43-38(44)32-15-8-5-9-16-32)39(45)41-34-18-11-19-35(26-34)47-37(31-13-6-4-7-14-31)40(46)42-33-17-10-12-28(3)24-33/h4-27,37H,1-3H3,(H,41,45)(H,42,46)(H,43,44)/b36-25+. The van der Waals surface area contributed by atoms with Crippen molar-refractivity contribution in [2.45, 2.75) is 36.8 Å². The molecule has 1 atom stereocenters. The summed E-state index contributed by atoms with van der Waals surface area (Å²) >= 11 is 1.39. The van der Waals surface area contributed by atoms with Crippen molar-refractivity contribution in [2.75, 3.05) is 10.6 Å². The first kappa shape index (κ1) is 33.0. The number of aryl methyl sites for hydroxylation is 1. The van der Waals surface area contributed by atoms with Crippen molar-refractivity contribution < 1.29 is 14.4 Å². The summed E-state index contributed by atoms with van der Waals surface area (Å²) in [5, 5.41) is 8.25. The molecule has 1 unspecified atom stereocenters. The average molecular weight is 640 g/mol. The molecule has 0 fully saturated rings. The Kier molecular flexibility index (Phi) is 11.0. The van der Waals surface area contributed by atoms with Gasteiger partial charge in [-0.05, 0) is 83.6 Å². The van der Waals surface area contributed by atoms with Gasteiger partial charge in [0.15, 0.2) is 0 Å². The summed E-state index contributed by atoms with van der Waals surface area (Å²) < 4.78 is 0. The summed E-state index contributed by atoms with van der Waals surface area (Å²) in [4.78, 5) is 41.2. The lowest BCUT2D eigenvalue weighted by Gasteiger charge is -2.18.